The van der Waals surface area contributed by atoms with E-state index in [0.717, 1.165) is 56.2 Å². The van der Waals surface area contributed by atoms with Gasteiger partial charge in [0, 0.05) is 24.5 Å². The SMILES string of the molecule is O=C(NC1CCC(n2nc3c(cc2=O)CCC3)CC1)c1ncccn1. The van der Waals surface area contributed by atoms with Crippen LogP contribution >= 0.6 is 0 Å². The van der Waals surface area contributed by atoms with Crippen molar-refractivity contribution in [3.63, 3.8) is 0 Å². The first-order valence-electron chi connectivity index (χ1n) is 8.90. The molecule has 2 heterocycles. The van der Waals surface area contributed by atoms with Crippen LogP contribution in [-0.4, -0.2) is 31.7 Å². The molecule has 1 fully saturated rings. The third kappa shape index (κ3) is 3.31. The van der Waals surface area contributed by atoms with Crippen LogP contribution < -0.4 is 10.9 Å². The summed E-state index contributed by atoms with van der Waals surface area (Å²) in [6.45, 7) is 0. The third-order valence-corrected chi connectivity index (χ3v) is 5.13. The minimum Gasteiger partial charge on any atom is -0.347 e. The molecule has 1 N–H and O–H groups in total. The summed E-state index contributed by atoms with van der Waals surface area (Å²) in [5, 5.41) is 7.60. The standard InChI is InChI=1S/C18H21N5O2/c24-16-11-12-3-1-4-15(12)22-23(16)14-7-5-13(6-8-14)21-18(25)17-19-9-2-10-20-17/h2,9-11,13-14H,1,3-8H2,(H,21,25). The maximum atomic E-state index is 12.3. The lowest BCUT2D eigenvalue weighted by molar-refractivity contribution is 0.0910. The van der Waals surface area contributed by atoms with Gasteiger partial charge in [-0.15, -0.1) is 0 Å². The number of carbonyl (C=O) groups excluding carboxylic acids is 1. The summed E-state index contributed by atoms with van der Waals surface area (Å²) in [6.07, 6.45) is 9.49. The molecular formula is C18H21N5O2. The average molecular weight is 339 g/mol. The fourth-order valence-electron chi connectivity index (χ4n) is 3.81. The molecule has 7 nitrogen and oxygen atoms in total. The molecule has 0 bridgehead atoms. The van der Waals surface area contributed by atoms with Crippen molar-refractivity contribution in [3.05, 3.63) is 52.0 Å². The Labute approximate surface area is 145 Å². The predicted octanol–water partition coefficient (Wildman–Crippen LogP) is 1.44. The van der Waals surface area contributed by atoms with Gasteiger partial charge in [-0.05, 0) is 56.6 Å². The van der Waals surface area contributed by atoms with E-state index in [4.69, 9.17) is 0 Å². The van der Waals surface area contributed by atoms with E-state index >= 15 is 0 Å². The maximum absolute atomic E-state index is 12.3. The Kier molecular flexibility index (Phi) is 4.29. The lowest BCUT2D eigenvalue weighted by atomic mass is 9.91. The highest BCUT2D eigenvalue weighted by molar-refractivity contribution is 5.90. The number of hydrogen-bond donors (Lipinski definition) is 1. The minimum absolute atomic E-state index is 0.00539. The summed E-state index contributed by atoms with van der Waals surface area (Å²) in [5.41, 5.74) is 2.20. The van der Waals surface area contributed by atoms with Gasteiger partial charge in [0.05, 0.1) is 11.7 Å². The lowest BCUT2D eigenvalue weighted by Gasteiger charge is -2.29. The Bertz CT molecular complexity index is 825. The van der Waals surface area contributed by atoms with Crippen molar-refractivity contribution in [1.82, 2.24) is 25.1 Å². The molecule has 0 radical (unpaired) electrons. The van der Waals surface area contributed by atoms with Gasteiger partial charge < -0.3 is 5.32 Å². The summed E-state index contributed by atoms with van der Waals surface area (Å²) >= 11 is 0. The van der Waals surface area contributed by atoms with E-state index in [0.29, 0.717) is 0 Å². The average Bonchev–Trinajstić information content (AvgIpc) is 3.09. The molecule has 7 heteroatoms. The summed E-state index contributed by atoms with van der Waals surface area (Å²) in [7, 11) is 0. The number of amides is 1. The monoisotopic (exact) mass is 339 g/mol. The summed E-state index contributed by atoms with van der Waals surface area (Å²) in [5.74, 6) is -0.0435. The van der Waals surface area contributed by atoms with Crippen LogP contribution in [0.4, 0.5) is 0 Å². The Balaban J connectivity index is 1.39. The highest BCUT2D eigenvalue weighted by atomic mass is 16.2. The molecule has 130 valence electrons. The van der Waals surface area contributed by atoms with E-state index in [2.05, 4.69) is 20.4 Å². The molecule has 0 atom stereocenters. The largest absolute Gasteiger partial charge is 0.347 e. The van der Waals surface area contributed by atoms with Crippen molar-refractivity contribution < 1.29 is 4.79 Å². The molecule has 0 aliphatic heterocycles. The maximum Gasteiger partial charge on any atom is 0.289 e. The molecule has 1 saturated carbocycles. The molecule has 2 aromatic rings. The Hall–Kier alpha value is -2.57. The van der Waals surface area contributed by atoms with Gasteiger partial charge >= 0.3 is 0 Å². The fraction of sp³-hybridized carbons (Fsp3) is 0.500. The minimum atomic E-state index is -0.239. The number of fused-ring (bicyclic) bond motifs is 1. The number of rotatable bonds is 3. The normalized spacial score (nSPS) is 22.4. The zero-order chi connectivity index (χ0) is 17.2. The van der Waals surface area contributed by atoms with Gasteiger partial charge in [0.15, 0.2) is 0 Å². The second kappa shape index (κ2) is 6.74. The first-order chi connectivity index (χ1) is 12.2. The van der Waals surface area contributed by atoms with Crippen molar-refractivity contribution in [1.29, 1.82) is 0 Å². The van der Waals surface area contributed by atoms with E-state index < -0.39 is 0 Å². The van der Waals surface area contributed by atoms with Crippen LogP contribution in [0.15, 0.2) is 29.3 Å². The summed E-state index contributed by atoms with van der Waals surface area (Å²) in [6, 6.07) is 3.66. The van der Waals surface area contributed by atoms with Gasteiger partial charge in [-0.25, -0.2) is 14.6 Å². The molecular weight excluding hydrogens is 318 g/mol. The van der Waals surface area contributed by atoms with Gasteiger partial charge in [0.1, 0.15) is 0 Å². The topological polar surface area (TPSA) is 89.8 Å². The molecule has 25 heavy (non-hydrogen) atoms. The molecule has 0 saturated heterocycles. The summed E-state index contributed by atoms with van der Waals surface area (Å²) in [4.78, 5) is 32.4. The summed E-state index contributed by atoms with van der Waals surface area (Å²) < 4.78 is 1.67. The fourth-order valence-corrected chi connectivity index (χ4v) is 3.81. The lowest BCUT2D eigenvalue weighted by Crippen LogP contribution is -2.40. The van der Waals surface area contributed by atoms with Gasteiger partial charge in [-0.3, -0.25) is 9.59 Å². The zero-order valence-electron chi connectivity index (χ0n) is 14.0. The van der Waals surface area contributed by atoms with Crippen molar-refractivity contribution in [2.45, 2.75) is 57.0 Å². The van der Waals surface area contributed by atoms with Crippen molar-refractivity contribution in [2.24, 2.45) is 0 Å². The van der Waals surface area contributed by atoms with Crippen molar-refractivity contribution in [2.75, 3.05) is 0 Å². The Morgan fingerprint density at radius 2 is 1.88 bits per heavy atom. The van der Waals surface area contributed by atoms with Gasteiger partial charge in [-0.1, -0.05) is 0 Å². The first kappa shape index (κ1) is 15.9. The first-order valence-corrected chi connectivity index (χ1v) is 8.90. The number of hydrogen-bond acceptors (Lipinski definition) is 5. The molecule has 0 aromatic carbocycles. The number of carbonyl (C=O) groups is 1. The van der Waals surface area contributed by atoms with Crippen LogP contribution in [0, 0.1) is 0 Å². The number of nitrogens with one attached hydrogen (secondary N) is 1. The van der Waals surface area contributed by atoms with E-state index in [9.17, 15) is 9.59 Å². The second-order valence-corrected chi connectivity index (χ2v) is 6.80. The van der Waals surface area contributed by atoms with Crippen LogP contribution in [-0.2, 0) is 12.8 Å². The van der Waals surface area contributed by atoms with Crippen LogP contribution in [0.5, 0.6) is 0 Å². The quantitative estimate of drug-likeness (QED) is 0.914. The van der Waals surface area contributed by atoms with Crippen LogP contribution in [0.1, 0.15) is 60.0 Å². The van der Waals surface area contributed by atoms with E-state index in [1.807, 2.05) is 0 Å². The van der Waals surface area contributed by atoms with Gasteiger partial charge in [0.2, 0.25) is 5.82 Å². The van der Waals surface area contributed by atoms with E-state index in [1.54, 1.807) is 29.2 Å². The predicted molar refractivity (Wildman–Crippen MR) is 91.3 cm³/mol. The van der Waals surface area contributed by atoms with Gasteiger partial charge in [0.25, 0.3) is 11.5 Å². The molecule has 2 aliphatic carbocycles. The number of nitrogens with zero attached hydrogens (tertiary/aromatic N) is 4. The van der Waals surface area contributed by atoms with Crippen LogP contribution in [0.3, 0.4) is 0 Å². The van der Waals surface area contributed by atoms with Crippen LogP contribution in [0.2, 0.25) is 0 Å². The number of aryl methyl sites for hydroxylation is 2. The highest BCUT2D eigenvalue weighted by Crippen LogP contribution is 2.28. The van der Waals surface area contributed by atoms with Gasteiger partial charge in [-0.2, -0.15) is 5.10 Å². The van der Waals surface area contributed by atoms with E-state index in [-0.39, 0.29) is 29.4 Å². The number of aromatic nitrogens is 4. The zero-order valence-corrected chi connectivity index (χ0v) is 14.0. The van der Waals surface area contributed by atoms with Crippen molar-refractivity contribution >= 4 is 5.91 Å². The van der Waals surface area contributed by atoms with E-state index in [1.165, 1.54) is 0 Å². The second-order valence-electron chi connectivity index (χ2n) is 6.80. The molecule has 1 amide bonds. The highest BCUT2D eigenvalue weighted by Gasteiger charge is 2.26. The Morgan fingerprint density at radius 3 is 2.64 bits per heavy atom. The molecule has 0 spiro atoms. The smallest absolute Gasteiger partial charge is 0.289 e. The Morgan fingerprint density at radius 1 is 1.12 bits per heavy atom. The molecule has 2 aromatic heterocycles. The molecule has 2 aliphatic rings. The van der Waals surface area contributed by atoms with Crippen LogP contribution in [0.25, 0.3) is 0 Å². The molecule has 0 unspecified atom stereocenters. The molecule has 4 rings (SSSR count). The third-order valence-electron chi connectivity index (χ3n) is 5.13. The van der Waals surface area contributed by atoms with Crippen molar-refractivity contribution in [3.8, 4) is 0 Å².